The monoisotopic (exact) mass is 370 g/mol. The molecule has 144 valence electrons. The normalized spacial score (nSPS) is 28.1. The van der Waals surface area contributed by atoms with E-state index in [-0.39, 0.29) is 12.0 Å². The van der Waals surface area contributed by atoms with E-state index < -0.39 is 0 Å². The largest absolute Gasteiger partial charge is 0.368 e. The van der Waals surface area contributed by atoms with Crippen LogP contribution in [-0.4, -0.2) is 69.2 Å². The van der Waals surface area contributed by atoms with Crippen molar-refractivity contribution >= 4 is 22.9 Å². The highest BCUT2D eigenvalue weighted by Gasteiger charge is 2.44. The second-order valence-corrected chi connectivity index (χ2v) is 7.92. The van der Waals surface area contributed by atoms with E-state index in [4.69, 9.17) is 4.74 Å². The molecule has 3 atom stereocenters. The average molecular weight is 370 g/mol. The maximum absolute atomic E-state index is 12.7. The van der Waals surface area contributed by atoms with Crippen LogP contribution in [0.4, 0.5) is 5.82 Å². The number of fused-ring (bicyclic) bond motifs is 2. The molecule has 0 N–H and O–H groups in total. The van der Waals surface area contributed by atoms with E-state index in [9.17, 15) is 4.79 Å². The van der Waals surface area contributed by atoms with Gasteiger partial charge in [-0.3, -0.25) is 4.79 Å². The zero-order valence-corrected chi connectivity index (χ0v) is 15.8. The predicted molar refractivity (Wildman–Crippen MR) is 100 cm³/mol. The maximum atomic E-state index is 12.7. The smallest absolute Gasteiger partial charge is 0.251 e. The van der Waals surface area contributed by atoms with Gasteiger partial charge in [-0.25, -0.2) is 15.0 Å². The molecule has 2 aromatic rings. The van der Waals surface area contributed by atoms with Crippen molar-refractivity contribution in [3.05, 3.63) is 12.7 Å². The summed E-state index contributed by atoms with van der Waals surface area (Å²) in [6.07, 6.45) is 6.30. The summed E-state index contributed by atoms with van der Waals surface area (Å²) in [6.45, 7) is 7.16. The third-order valence-corrected chi connectivity index (χ3v) is 6.28. The molecule has 3 fully saturated rings. The minimum atomic E-state index is -0.215. The number of hydrogen-bond acceptors (Lipinski definition) is 6. The van der Waals surface area contributed by atoms with Crippen molar-refractivity contribution in [2.24, 2.45) is 11.8 Å². The molecular formula is C19H26N6O2. The SMILES string of the molecule is CCn1cnc2c(N3CC4CN(C(=O)C5CCCCO5)CC4C3)ncnc21. The minimum Gasteiger partial charge on any atom is -0.368 e. The maximum Gasteiger partial charge on any atom is 0.251 e. The van der Waals surface area contributed by atoms with Crippen LogP contribution in [0.3, 0.4) is 0 Å². The molecule has 0 radical (unpaired) electrons. The average Bonchev–Trinajstić information content (AvgIpc) is 3.40. The molecule has 8 heteroatoms. The summed E-state index contributed by atoms with van der Waals surface area (Å²) in [5, 5.41) is 0. The van der Waals surface area contributed by atoms with Crippen LogP contribution in [0.1, 0.15) is 26.2 Å². The highest BCUT2D eigenvalue weighted by molar-refractivity contribution is 5.84. The lowest BCUT2D eigenvalue weighted by Gasteiger charge is -2.28. The summed E-state index contributed by atoms with van der Waals surface area (Å²) in [7, 11) is 0. The first-order chi connectivity index (χ1) is 13.2. The fourth-order valence-electron chi connectivity index (χ4n) is 4.82. The van der Waals surface area contributed by atoms with E-state index in [2.05, 4.69) is 26.8 Å². The third kappa shape index (κ3) is 2.86. The number of hydrogen-bond donors (Lipinski definition) is 0. The van der Waals surface area contributed by atoms with Crippen LogP contribution in [0.5, 0.6) is 0 Å². The molecule has 3 aliphatic rings. The van der Waals surface area contributed by atoms with Crippen LogP contribution in [0.25, 0.3) is 11.2 Å². The van der Waals surface area contributed by atoms with E-state index in [0.717, 1.165) is 75.6 Å². The van der Waals surface area contributed by atoms with Crippen molar-refractivity contribution in [3.8, 4) is 0 Å². The van der Waals surface area contributed by atoms with Gasteiger partial charge in [0, 0.05) is 51.2 Å². The van der Waals surface area contributed by atoms with Crippen molar-refractivity contribution in [1.82, 2.24) is 24.4 Å². The third-order valence-electron chi connectivity index (χ3n) is 6.28. The van der Waals surface area contributed by atoms with Crippen LogP contribution >= 0.6 is 0 Å². The fourth-order valence-corrected chi connectivity index (χ4v) is 4.82. The molecule has 0 saturated carbocycles. The number of rotatable bonds is 3. The summed E-state index contributed by atoms with van der Waals surface area (Å²) < 4.78 is 7.74. The molecule has 5 rings (SSSR count). The van der Waals surface area contributed by atoms with Gasteiger partial charge in [-0.1, -0.05) is 0 Å². The number of aromatic nitrogens is 4. The molecule has 3 aliphatic heterocycles. The number of ether oxygens (including phenoxy) is 1. The lowest BCUT2D eigenvalue weighted by atomic mass is 10.0. The zero-order chi connectivity index (χ0) is 18.4. The van der Waals surface area contributed by atoms with Gasteiger partial charge in [-0.2, -0.15) is 0 Å². The summed E-state index contributed by atoms with van der Waals surface area (Å²) in [6, 6.07) is 0. The quantitative estimate of drug-likeness (QED) is 0.811. The first kappa shape index (κ1) is 16.9. The molecule has 0 aliphatic carbocycles. The van der Waals surface area contributed by atoms with Gasteiger partial charge in [0.05, 0.1) is 6.33 Å². The first-order valence-corrected chi connectivity index (χ1v) is 10.1. The molecule has 8 nitrogen and oxygen atoms in total. The van der Waals surface area contributed by atoms with Crippen LogP contribution in [0, 0.1) is 11.8 Å². The van der Waals surface area contributed by atoms with Crippen LogP contribution < -0.4 is 4.90 Å². The number of imidazole rings is 1. The van der Waals surface area contributed by atoms with Gasteiger partial charge in [-0.15, -0.1) is 0 Å². The van der Waals surface area contributed by atoms with E-state index in [0.29, 0.717) is 11.8 Å². The lowest BCUT2D eigenvalue weighted by molar-refractivity contribution is -0.145. The number of carbonyl (C=O) groups is 1. The van der Waals surface area contributed by atoms with Crippen LogP contribution in [0.2, 0.25) is 0 Å². The Bertz CT molecular complexity index is 832. The number of amides is 1. The van der Waals surface area contributed by atoms with E-state index in [1.54, 1.807) is 6.33 Å². The number of nitrogens with zero attached hydrogens (tertiary/aromatic N) is 6. The van der Waals surface area contributed by atoms with Crippen molar-refractivity contribution in [2.45, 2.75) is 38.8 Å². The van der Waals surface area contributed by atoms with E-state index in [1.165, 1.54) is 0 Å². The molecule has 1 amide bonds. The van der Waals surface area contributed by atoms with Crippen LogP contribution in [-0.2, 0) is 16.1 Å². The molecule has 27 heavy (non-hydrogen) atoms. The van der Waals surface area contributed by atoms with Gasteiger partial charge in [0.1, 0.15) is 12.4 Å². The Balaban J connectivity index is 1.29. The van der Waals surface area contributed by atoms with Gasteiger partial charge < -0.3 is 19.1 Å². The van der Waals surface area contributed by atoms with Crippen LogP contribution in [0.15, 0.2) is 12.7 Å². The highest BCUT2D eigenvalue weighted by Crippen LogP contribution is 2.35. The Morgan fingerprint density at radius 2 is 1.96 bits per heavy atom. The summed E-state index contributed by atoms with van der Waals surface area (Å²) >= 11 is 0. The topological polar surface area (TPSA) is 76.4 Å². The van der Waals surface area contributed by atoms with Crippen molar-refractivity contribution in [3.63, 3.8) is 0 Å². The Labute approximate surface area is 158 Å². The molecule has 5 heterocycles. The molecule has 2 aromatic heterocycles. The molecule has 0 bridgehead atoms. The molecule has 3 saturated heterocycles. The molecule has 3 unspecified atom stereocenters. The highest BCUT2D eigenvalue weighted by atomic mass is 16.5. The van der Waals surface area contributed by atoms with Crippen molar-refractivity contribution in [2.75, 3.05) is 37.7 Å². The standard InChI is InChI=1S/C19H26N6O2/c1-2-23-12-22-16-17(23)20-11-21-18(16)24-7-13-9-25(10-14(13)8-24)19(26)15-5-3-4-6-27-15/h11-15H,2-10H2,1H3. The van der Waals surface area contributed by atoms with Gasteiger partial charge in [0.15, 0.2) is 17.0 Å². The van der Waals surface area contributed by atoms with Gasteiger partial charge in [-0.05, 0) is 26.2 Å². The Morgan fingerprint density at radius 1 is 1.15 bits per heavy atom. The van der Waals surface area contributed by atoms with E-state index >= 15 is 0 Å². The zero-order valence-electron chi connectivity index (χ0n) is 15.8. The Kier molecular flexibility index (Phi) is 4.22. The summed E-state index contributed by atoms with van der Waals surface area (Å²) in [4.78, 5) is 30.6. The van der Waals surface area contributed by atoms with E-state index in [1.807, 2.05) is 15.8 Å². The number of likely N-dealkylation sites (tertiary alicyclic amines) is 1. The van der Waals surface area contributed by atoms with Gasteiger partial charge in [0.2, 0.25) is 0 Å². The minimum absolute atomic E-state index is 0.196. The van der Waals surface area contributed by atoms with Crippen molar-refractivity contribution in [1.29, 1.82) is 0 Å². The fraction of sp³-hybridized carbons (Fsp3) is 0.684. The summed E-state index contributed by atoms with van der Waals surface area (Å²) in [5.41, 5.74) is 1.77. The first-order valence-electron chi connectivity index (χ1n) is 10.1. The Hall–Kier alpha value is -2.22. The molecule has 0 aromatic carbocycles. The molecular weight excluding hydrogens is 344 g/mol. The number of aryl methyl sites for hydroxylation is 1. The number of anilines is 1. The van der Waals surface area contributed by atoms with Gasteiger partial charge in [0.25, 0.3) is 5.91 Å². The second-order valence-electron chi connectivity index (χ2n) is 7.92. The Morgan fingerprint density at radius 3 is 2.67 bits per heavy atom. The van der Waals surface area contributed by atoms with Gasteiger partial charge >= 0.3 is 0 Å². The van der Waals surface area contributed by atoms with Crippen molar-refractivity contribution < 1.29 is 9.53 Å². The summed E-state index contributed by atoms with van der Waals surface area (Å²) in [5.74, 6) is 2.11. The second kappa shape index (κ2) is 6.74. The predicted octanol–water partition coefficient (Wildman–Crippen LogP) is 1.31. The molecule has 0 spiro atoms. The lowest BCUT2D eigenvalue weighted by Crippen LogP contribution is -2.42. The number of carbonyl (C=O) groups excluding carboxylic acids is 1.